The Bertz CT molecular complexity index is 765. The molecule has 2 aromatic rings. The zero-order chi connectivity index (χ0) is 17.3. The number of hydrogen-bond donors (Lipinski definition) is 0. The number of carbonyl (C=O) groups is 1. The lowest BCUT2D eigenvalue weighted by atomic mass is 10.1. The van der Waals surface area contributed by atoms with Crippen molar-refractivity contribution in [1.29, 1.82) is 0 Å². The van der Waals surface area contributed by atoms with E-state index in [0.717, 1.165) is 6.07 Å². The molecule has 24 heavy (non-hydrogen) atoms. The van der Waals surface area contributed by atoms with Crippen molar-refractivity contribution in [2.24, 2.45) is 0 Å². The second kappa shape index (κ2) is 6.69. The standard InChI is InChI=1S/C17H13ClF3NOS/c18-14-8-4-2-6-12(14)15(23)22-9-10-24-16(22)11-5-1-3-7-13(11)17(19,20)21/h1-8,16H,9-10H2. The molecule has 0 radical (unpaired) electrons. The molecule has 1 atom stereocenters. The second-order valence-electron chi connectivity index (χ2n) is 5.29. The van der Waals surface area contributed by atoms with Crippen molar-refractivity contribution in [3.05, 3.63) is 70.2 Å². The van der Waals surface area contributed by atoms with E-state index in [0.29, 0.717) is 22.9 Å². The van der Waals surface area contributed by atoms with E-state index in [1.54, 1.807) is 30.3 Å². The third-order valence-electron chi connectivity index (χ3n) is 3.79. The minimum absolute atomic E-state index is 0.105. The molecule has 1 aliphatic heterocycles. The highest BCUT2D eigenvalue weighted by Gasteiger charge is 2.39. The van der Waals surface area contributed by atoms with Gasteiger partial charge in [-0.05, 0) is 23.8 Å². The molecule has 0 spiro atoms. The fourth-order valence-electron chi connectivity index (χ4n) is 2.70. The first-order valence-corrected chi connectivity index (χ1v) is 8.65. The van der Waals surface area contributed by atoms with Crippen molar-refractivity contribution in [3.63, 3.8) is 0 Å². The molecule has 1 heterocycles. The summed E-state index contributed by atoms with van der Waals surface area (Å²) in [6, 6.07) is 11.9. The minimum Gasteiger partial charge on any atom is -0.322 e. The van der Waals surface area contributed by atoms with Crippen LogP contribution in [0, 0.1) is 0 Å². The Hall–Kier alpha value is -1.66. The van der Waals surface area contributed by atoms with Crippen LogP contribution in [0.15, 0.2) is 48.5 Å². The summed E-state index contributed by atoms with van der Waals surface area (Å²) in [6.07, 6.45) is -4.46. The second-order valence-corrected chi connectivity index (χ2v) is 6.88. The molecule has 0 N–H and O–H groups in total. The van der Waals surface area contributed by atoms with Crippen molar-refractivity contribution in [2.75, 3.05) is 12.3 Å². The Kier molecular flexibility index (Phi) is 4.78. The molecule has 1 unspecified atom stereocenters. The van der Waals surface area contributed by atoms with Gasteiger partial charge in [-0.2, -0.15) is 13.2 Å². The number of carbonyl (C=O) groups excluding carboxylic acids is 1. The summed E-state index contributed by atoms with van der Waals surface area (Å²) >= 11 is 7.39. The van der Waals surface area contributed by atoms with E-state index >= 15 is 0 Å². The Balaban J connectivity index is 1.98. The summed E-state index contributed by atoms with van der Waals surface area (Å²) in [6.45, 7) is 0.381. The van der Waals surface area contributed by atoms with Crippen LogP contribution in [0.2, 0.25) is 5.02 Å². The fourth-order valence-corrected chi connectivity index (χ4v) is 4.20. The summed E-state index contributed by atoms with van der Waals surface area (Å²) in [5.41, 5.74) is -0.301. The van der Waals surface area contributed by atoms with Gasteiger partial charge in [-0.25, -0.2) is 0 Å². The van der Waals surface area contributed by atoms with Crippen LogP contribution in [-0.4, -0.2) is 23.1 Å². The predicted molar refractivity (Wildman–Crippen MR) is 89.1 cm³/mol. The molecular formula is C17H13ClF3NOS. The van der Waals surface area contributed by atoms with Gasteiger partial charge in [0.2, 0.25) is 0 Å². The van der Waals surface area contributed by atoms with E-state index in [1.165, 1.54) is 28.8 Å². The number of halogens is 4. The number of nitrogens with zero attached hydrogens (tertiary/aromatic N) is 1. The molecule has 126 valence electrons. The Morgan fingerprint density at radius 1 is 1.12 bits per heavy atom. The monoisotopic (exact) mass is 371 g/mol. The molecule has 0 bridgehead atoms. The van der Waals surface area contributed by atoms with Gasteiger partial charge in [0.05, 0.1) is 16.1 Å². The number of benzene rings is 2. The first-order chi connectivity index (χ1) is 11.4. The Labute approximate surface area is 146 Å². The zero-order valence-electron chi connectivity index (χ0n) is 12.4. The molecule has 0 saturated carbocycles. The van der Waals surface area contributed by atoms with Crippen LogP contribution < -0.4 is 0 Å². The highest BCUT2D eigenvalue weighted by molar-refractivity contribution is 7.99. The van der Waals surface area contributed by atoms with Gasteiger partial charge < -0.3 is 4.90 Å². The molecule has 1 aliphatic rings. The first-order valence-electron chi connectivity index (χ1n) is 7.23. The lowest BCUT2D eigenvalue weighted by molar-refractivity contribution is -0.138. The maximum Gasteiger partial charge on any atom is 0.416 e. The van der Waals surface area contributed by atoms with Crippen LogP contribution >= 0.6 is 23.4 Å². The molecule has 1 saturated heterocycles. The van der Waals surface area contributed by atoms with Gasteiger partial charge in [0.1, 0.15) is 5.37 Å². The average Bonchev–Trinajstić information content (AvgIpc) is 3.03. The first kappa shape index (κ1) is 17.2. The van der Waals surface area contributed by atoms with E-state index in [-0.39, 0.29) is 11.5 Å². The van der Waals surface area contributed by atoms with Gasteiger partial charge in [0.15, 0.2) is 0 Å². The van der Waals surface area contributed by atoms with Gasteiger partial charge in [0, 0.05) is 12.3 Å². The molecule has 3 rings (SSSR count). The van der Waals surface area contributed by atoms with Crippen molar-refractivity contribution in [1.82, 2.24) is 4.90 Å². The molecular weight excluding hydrogens is 359 g/mol. The maximum absolute atomic E-state index is 13.3. The van der Waals surface area contributed by atoms with Crippen molar-refractivity contribution >= 4 is 29.3 Å². The van der Waals surface area contributed by atoms with E-state index < -0.39 is 17.1 Å². The number of hydrogen-bond acceptors (Lipinski definition) is 2. The number of alkyl halides is 3. The van der Waals surface area contributed by atoms with Crippen LogP contribution in [0.1, 0.15) is 26.9 Å². The lowest BCUT2D eigenvalue weighted by Crippen LogP contribution is -2.31. The van der Waals surface area contributed by atoms with E-state index in [9.17, 15) is 18.0 Å². The van der Waals surface area contributed by atoms with Gasteiger partial charge in [-0.3, -0.25) is 4.79 Å². The maximum atomic E-state index is 13.3. The lowest BCUT2D eigenvalue weighted by Gasteiger charge is -2.26. The van der Waals surface area contributed by atoms with Gasteiger partial charge in [0.25, 0.3) is 5.91 Å². The van der Waals surface area contributed by atoms with Gasteiger partial charge in [-0.15, -0.1) is 11.8 Å². The van der Waals surface area contributed by atoms with Gasteiger partial charge >= 0.3 is 6.18 Å². The van der Waals surface area contributed by atoms with Crippen molar-refractivity contribution in [2.45, 2.75) is 11.6 Å². The molecule has 1 amide bonds. The Morgan fingerprint density at radius 3 is 2.50 bits per heavy atom. The van der Waals surface area contributed by atoms with Crippen molar-refractivity contribution in [3.8, 4) is 0 Å². The minimum atomic E-state index is -4.46. The number of thioether (sulfide) groups is 1. The summed E-state index contributed by atoms with van der Waals surface area (Å²) < 4.78 is 39.8. The van der Waals surface area contributed by atoms with Crippen LogP contribution in [0.5, 0.6) is 0 Å². The summed E-state index contributed by atoms with van der Waals surface area (Å²) in [5, 5.41) is -0.381. The summed E-state index contributed by atoms with van der Waals surface area (Å²) in [7, 11) is 0. The number of rotatable bonds is 2. The van der Waals surface area contributed by atoms with Gasteiger partial charge in [-0.1, -0.05) is 41.9 Å². The molecule has 2 nitrogen and oxygen atoms in total. The van der Waals surface area contributed by atoms with E-state index in [2.05, 4.69) is 0 Å². The Morgan fingerprint density at radius 2 is 1.79 bits per heavy atom. The summed E-state index contributed by atoms with van der Waals surface area (Å²) in [4.78, 5) is 14.2. The molecule has 1 fully saturated rings. The van der Waals surface area contributed by atoms with E-state index in [1.807, 2.05) is 0 Å². The quantitative estimate of drug-likeness (QED) is 0.719. The topological polar surface area (TPSA) is 20.3 Å². The fraction of sp³-hybridized carbons (Fsp3) is 0.235. The molecule has 2 aromatic carbocycles. The molecule has 0 aromatic heterocycles. The van der Waals surface area contributed by atoms with Crippen LogP contribution in [0.4, 0.5) is 13.2 Å². The summed E-state index contributed by atoms with van der Waals surface area (Å²) in [5.74, 6) is 0.222. The third kappa shape index (κ3) is 3.26. The highest BCUT2D eigenvalue weighted by atomic mass is 35.5. The van der Waals surface area contributed by atoms with Crippen molar-refractivity contribution < 1.29 is 18.0 Å². The molecule has 7 heteroatoms. The predicted octanol–water partition coefficient (Wildman–Crippen LogP) is 5.25. The van der Waals surface area contributed by atoms with Crippen LogP contribution in [0.3, 0.4) is 0 Å². The largest absolute Gasteiger partial charge is 0.416 e. The van der Waals surface area contributed by atoms with Crippen LogP contribution in [0.25, 0.3) is 0 Å². The average molecular weight is 372 g/mol. The number of amides is 1. The smallest absolute Gasteiger partial charge is 0.322 e. The normalized spacial score (nSPS) is 18.0. The molecule has 0 aliphatic carbocycles. The zero-order valence-corrected chi connectivity index (χ0v) is 14.0. The van der Waals surface area contributed by atoms with Crippen LogP contribution in [-0.2, 0) is 6.18 Å². The highest BCUT2D eigenvalue weighted by Crippen LogP contribution is 2.44. The third-order valence-corrected chi connectivity index (χ3v) is 5.36. The van der Waals surface area contributed by atoms with E-state index in [4.69, 9.17) is 11.6 Å². The SMILES string of the molecule is O=C(c1ccccc1Cl)N1CCSC1c1ccccc1C(F)(F)F.